The summed E-state index contributed by atoms with van der Waals surface area (Å²) in [7, 11) is 0. The van der Waals surface area contributed by atoms with Crippen molar-refractivity contribution in [1.29, 1.82) is 0 Å². The lowest BCUT2D eigenvalue weighted by Crippen LogP contribution is -2.17. The van der Waals surface area contributed by atoms with Gasteiger partial charge in [-0.15, -0.1) is 5.10 Å². The highest BCUT2D eigenvalue weighted by atomic mass is 16.6. The third kappa shape index (κ3) is 3.33. The second-order valence-electron chi connectivity index (χ2n) is 5.97. The van der Waals surface area contributed by atoms with Crippen LogP contribution in [-0.2, 0) is 11.3 Å². The number of carbonyl (C=O) groups excluding carboxylic acids is 2. The monoisotopic (exact) mass is 367 g/mol. The van der Waals surface area contributed by atoms with Gasteiger partial charge in [-0.05, 0) is 43.3 Å². The largest absolute Gasteiger partial charge is 0.486 e. The Labute approximate surface area is 154 Å². The van der Waals surface area contributed by atoms with E-state index in [2.05, 4.69) is 10.3 Å². The molecule has 0 bridgehead atoms. The fourth-order valence-corrected chi connectivity index (χ4v) is 2.85. The molecular formula is C19H17N3O5. The number of hydrogen-bond acceptors (Lipinski definition) is 7. The van der Waals surface area contributed by atoms with E-state index in [9.17, 15) is 9.59 Å². The standard InChI is InChI=1S/C19H17N3O5/c1-2-22-15-5-3-13(9-14(15)20-21-22)19(24)27-11-16(23)12-4-6-17-18(10-12)26-8-7-25-17/h3-6,9-10H,2,7-8,11H2,1H3. The maximum Gasteiger partial charge on any atom is 0.338 e. The maximum atomic E-state index is 12.3. The quantitative estimate of drug-likeness (QED) is 0.504. The van der Waals surface area contributed by atoms with E-state index < -0.39 is 5.97 Å². The van der Waals surface area contributed by atoms with Crippen LogP contribution < -0.4 is 9.47 Å². The van der Waals surface area contributed by atoms with Crippen LogP contribution in [0.4, 0.5) is 0 Å². The summed E-state index contributed by atoms with van der Waals surface area (Å²) < 4.78 is 17.8. The molecule has 8 nitrogen and oxygen atoms in total. The number of carbonyl (C=O) groups is 2. The first-order valence-electron chi connectivity index (χ1n) is 8.59. The summed E-state index contributed by atoms with van der Waals surface area (Å²) in [5.41, 5.74) is 2.15. The van der Waals surface area contributed by atoms with Gasteiger partial charge in [-0.3, -0.25) is 4.79 Å². The third-order valence-electron chi connectivity index (χ3n) is 4.25. The van der Waals surface area contributed by atoms with Crippen LogP contribution in [0.25, 0.3) is 11.0 Å². The van der Waals surface area contributed by atoms with Crippen LogP contribution in [0.2, 0.25) is 0 Å². The second kappa shape index (κ2) is 7.06. The average Bonchev–Trinajstić information content (AvgIpc) is 3.13. The number of aryl methyl sites for hydroxylation is 1. The molecule has 0 fully saturated rings. The van der Waals surface area contributed by atoms with Crippen molar-refractivity contribution in [1.82, 2.24) is 15.0 Å². The van der Waals surface area contributed by atoms with Gasteiger partial charge in [-0.1, -0.05) is 5.21 Å². The first kappa shape index (κ1) is 17.0. The molecule has 1 aromatic heterocycles. The molecule has 0 radical (unpaired) electrons. The van der Waals surface area contributed by atoms with Crippen LogP contribution in [0, 0.1) is 0 Å². The highest BCUT2D eigenvalue weighted by Crippen LogP contribution is 2.30. The van der Waals surface area contributed by atoms with Gasteiger partial charge in [0.1, 0.15) is 18.7 Å². The Morgan fingerprint density at radius 3 is 2.67 bits per heavy atom. The molecule has 0 saturated carbocycles. The van der Waals surface area contributed by atoms with Crippen LogP contribution in [0.1, 0.15) is 27.6 Å². The Hall–Kier alpha value is -3.42. The molecule has 2 heterocycles. The molecule has 138 valence electrons. The molecule has 0 atom stereocenters. The van der Waals surface area contributed by atoms with E-state index in [0.29, 0.717) is 47.9 Å². The van der Waals surface area contributed by atoms with Crippen molar-refractivity contribution in [3.8, 4) is 11.5 Å². The van der Waals surface area contributed by atoms with Crippen LogP contribution >= 0.6 is 0 Å². The number of nitrogens with zero attached hydrogens (tertiary/aromatic N) is 3. The molecule has 0 aliphatic carbocycles. The highest BCUT2D eigenvalue weighted by Gasteiger charge is 2.17. The number of fused-ring (bicyclic) bond motifs is 2. The summed E-state index contributed by atoms with van der Waals surface area (Å²) >= 11 is 0. The fourth-order valence-electron chi connectivity index (χ4n) is 2.85. The van der Waals surface area contributed by atoms with Gasteiger partial charge in [-0.25, -0.2) is 9.48 Å². The Kier molecular flexibility index (Phi) is 4.45. The summed E-state index contributed by atoms with van der Waals surface area (Å²) in [6.45, 7) is 3.20. The van der Waals surface area contributed by atoms with Crippen LogP contribution in [0.5, 0.6) is 11.5 Å². The van der Waals surface area contributed by atoms with E-state index in [1.165, 1.54) is 0 Å². The summed E-state index contributed by atoms with van der Waals surface area (Å²) in [6, 6.07) is 9.89. The molecular weight excluding hydrogens is 350 g/mol. The molecule has 8 heteroatoms. The zero-order valence-corrected chi connectivity index (χ0v) is 14.7. The van der Waals surface area contributed by atoms with Crippen molar-refractivity contribution in [2.24, 2.45) is 0 Å². The van der Waals surface area contributed by atoms with Gasteiger partial charge in [0.2, 0.25) is 0 Å². The number of esters is 1. The number of ketones is 1. The molecule has 1 aliphatic rings. The van der Waals surface area contributed by atoms with E-state index in [1.807, 2.05) is 6.92 Å². The molecule has 0 amide bonds. The SMILES string of the molecule is CCn1nnc2cc(C(=O)OCC(=O)c3ccc4c(c3)OCCO4)ccc21. The summed E-state index contributed by atoms with van der Waals surface area (Å²) in [6.07, 6.45) is 0. The molecule has 4 rings (SSSR count). The molecule has 0 saturated heterocycles. The van der Waals surface area contributed by atoms with E-state index in [-0.39, 0.29) is 12.4 Å². The molecule has 0 N–H and O–H groups in total. The number of rotatable bonds is 5. The lowest BCUT2D eigenvalue weighted by atomic mass is 10.1. The van der Waals surface area contributed by atoms with Gasteiger partial charge in [0, 0.05) is 12.1 Å². The van der Waals surface area contributed by atoms with Gasteiger partial charge < -0.3 is 14.2 Å². The molecule has 27 heavy (non-hydrogen) atoms. The summed E-state index contributed by atoms with van der Waals surface area (Å²) in [5, 5.41) is 8.03. The number of ether oxygens (including phenoxy) is 3. The van der Waals surface area contributed by atoms with E-state index >= 15 is 0 Å². The molecule has 1 aliphatic heterocycles. The Morgan fingerprint density at radius 1 is 1.07 bits per heavy atom. The summed E-state index contributed by atoms with van der Waals surface area (Å²) in [5.74, 6) is 0.207. The van der Waals surface area contributed by atoms with E-state index in [4.69, 9.17) is 14.2 Å². The molecule has 2 aromatic carbocycles. The molecule has 0 spiro atoms. The second-order valence-corrected chi connectivity index (χ2v) is 5.97. The smallest absolute Gasteiger partial charge is 0.338 e. The van der Waals surface area contributed by atoms with Gasteiger partial charge in [0.15, 0.2) is 23.9 Å². The fraction of sp³-hybridized carbons (Fsp3) is 0.263. The molecule has 0 unspecified atom stereocenters. The topological polar surface area (TPSA) is 92.5 Å². The van der Waals surface area contributed by atoms with Crippen LogP contribution in [-0.4, -0.2) is 46.6 Å². The number of benzene rings is 2. The number of aromatic nitrogens is 3. The zero-order chi connectivity index (χ0) is 18.8. The minimum atomic E-state index is -0.589. The molecule has 3 aromatic rings. The van der Waals surface area contributed by atoms with Gasteiger partial charge >= 0.3 is 5.97 Å². The first-order chi connectivity index (χ1) is 13.2. The predicted octanol–water partition coefficient (Wildman–Crippen LogP) is 2.26. The van der Waals surface area contributed by atoms with Crippen molar-refractivity contribution in [3.05, 3.63) is 47.5 Å². The Balaban J connectivity index is 1.43. The van der Waals surface area contributed by atoms with Crippen molar-refractivity contribution >= 4 is 22.8 Å². The lowest BCUT2D eigenvalue weighted by molar-refractivity contribution is 0.0474. The zero-order valence-electron chi connectivity index (χ0n) is 14.7. The van der Waals surface area contributed by atoms with Gasteiger partial charge in [0.25, 0.3) is 0 Å². The predicted molar refractivity (Wildman–Crippen MR) is 95.2 cm³/mol. The Morgan fingerprint density at radius 2 is 1.85 bits per heavy atom. The van der Waals surface area contributed by atoms with Crippen molar-refractivity contribution in [2.75, 3.05) is 19.8 Å². The minimum Gasteiger partial charge on any atom is -0.486 e. The van der Waals surface area contributed by atoms with Gasteiger partial charge in [-0.2, -0.15) is 0 Å². The normalized spacial score (nSPS) is 12.8. The average molecular weight is 367 g/mol. The van der Waals surface area contributed by atoms with Crippen molar-refractivity contribution in [3.63, 3.8) is 0 Å². The first-order valence-corrected chi connectivity index (χ1v) is 8.59. The van der Waals surface area contributed by atoms with Crippen molar-refractivity contribution < 1.29 is 23.8 Å². The summed E-state index contributed by atoms with van der Waals surface area (Å²) in [4.78, 5) is 24.6. The highest BCUT2D eigenvalue weighted by molar-refractivity contribution is 6.00. The third-order valence-corrected chi connectivity index (χ3v) is 4.25. The van der Waals surface area contributed by atoms with Crippen LogP contribution in [0.3, 0.4) is 0 Å². The lowest BCUT2D eigenvalue weighted by Gasteiger charge is -2.18. The van der Waals surface area contributed by atoms with E-state index in [0.717, 1.165) is 5.52 Å². The van der Waals surface area contributed by atoms with E-state index in [1.54, 1.807) is 41.1 Å². The van der Waals surface area contributed by atoms with Crippen LogP contribution in [0.15, 0.2) is 36.4 Å². The number of hydrogen-bond donors (Lipinski definition) is 0. The Bertz CT molecular complexity index is 1030. The minimum absolute atomic E-state index is 0.320. The van der Waals surface area contributed by atoms with Crippen molar-refractivity contribution in [2.45, 2.75) is 13.5 Å². The maximum absolute atomic E-state index is 12.3. The number of Topliss-reactive ketones (excluding diaryl/α,β-unsaturated/α-hetero) is 1. The van der Waals surface area contributed by atoms with Gasteiger partial charge in [0.05, 0.1) is 11.1 Å².